The number of hydrogen-bond acceptors (Lipinski definition) is 12. The number of nitrogen functional groups attached to an aromatic ring is 2. The molecule has 0 radical (unpaired) electrons. The number of ether oxygens (including phenoxy) is 2. The maximum atomic E-state index is 13.4. The summed E-state index contributed by atoms with van der Waals surface area (Å²) in [7, 11) is 1.59. The van der Waals surface area contributed by atoms with Crippen LogP contribution in [-0.4, -0.2) is 57.0 Å². The summed E-state index contributed by atoms with van der Waals surface area (Å²) in [6, 6.07) is 9.07. The molecule has 12 heteroatoms. The molecule has 0 saturated carbocycles. The van der Waals surface area contributed by atoms with Crippen molar-refractivity contribution in [1.29, 1.82) is 0 Å². The van der Waals surface area contributed by atoms with Crippen molar-refractivity contribution in [3.05, 3.63) is 70.5 Å². The van der Waals surface area contributed by atoms with E-state index >= 15 is 0 Å². The van der Waals surface area contributed by atoms with Crippen LogP contribution < -0.4 is 21.5 Å². The van der Waals surface area contributed by atoms with Gasteiger partial charge < -0.3 is 36.5 Å². The number of aryl methyl sites for hydroxylation is 1. The Balaban J connectivity index is 1.50. The van der Waals surface area contributed by atoms with Gasteiger partial charge in [0.25, 0.3) is 0 Å². The highest BCUT2D eigenvalue weighted by molar-refractivity contribution is 6.33. The molecule has 39 heavy (non-hydrogen) atoms. The molecule has 0 spiro atoms. The second-order valence-electron chi connectivity index (χ2n) is 8.79. The third-order valence-corrected chi connectivity index (χ3v) is 6.28. The number of fused-ring (bicyclic) bond motifs is 2. The number of anilines is 3. The summed E-state index contributed by atoms with van der Waals surface area (Å²) in [5.41, 5.74) is 12.7. The molecule has 12 nitrogen and oxygen atoms in total. The first kappa shape index (κ1) is 25.4. The molecule has 0 fully saturated rings. The van der Waals surface area contributed by atoms with Crippen molar-refractivity contribution in [2.75, 3.05) is 37.0 Å². The molecule has 0 amide bonds. The number of carbonyl (C=O) groups is 2. The third kappa shape index (κ3) is 4.42. The second-order valence-corrected chi connectivity index (χ2v) is 8.79. The van der Waals surface area contributed by atoms with E-state index in [9.17, 15) is 19.8 Å². The topological polar surface area (TPSA) is 196 Å². The largest absolute Gasteiger partial charge is 0.507 e. The Morgan fingerprint density at radius 2 is 1.67 bits per heavy atom. The van der Waals surface area contributed by atoms with Gasteiger partial charge in [-0.1, -0.05) is 6.07 Å². The smallest absolute Gasteiger partial charge is 0.326 e. The minimum absolute atomic E-state index is 0.00269. The number of nitrogens with zero attached hydrogens (tertiary/aromatic N) is 3. The van der Waals surface area contributed by atoms with Crippen molar-refractivity contribution in [2.24, 2.45) is 0 Å². The first-order valence-electron chi connectivity index (χ1n) is 11.8. The molecule has 7 N–H and O–H groups in total. The lowest BCUT2D eigenvalue weighted by molar-refractivity contribution is 0.0975. The van der Waals surface area contributed by atoms with Crippen LogP contribution in [-0.2, 0) is 4.74 Å². The van der Waals surface area contributed by atoms with Crippen molar-refractivity contribution in [3.8, 4) is 34.4 Å². The van der Waals surface area contributed by atoms with Crippen LogP contribution in [0.2, 0.25) is 0 Å². The van der Waals surface area contributed by atoms with E-state index in [1.807, 2.05) is 0 Å². The zero-order valence-electron chi connectivity index (χ0n) is 21.0. The number of nitrogens with two attached hydrogens (primary N) is 2. The molecule has 1 aliphatic rings. The Morgan fingerprint density at radius 1 is 0.923 bits per heavy atom. The van der Waals surface area contributed by atoms with Crippen LogP contribution in [0.5, 0.6) is 23.3 Å². The van der Waals surface area contributed by atoms with E-state index in [2.05, 4.69) is 20.3 Å². The highest BCUT2D eigenvalue weighted by Crippen LogP contribution is 2.45. The Morgan fingerprint density at radius 3 is 2.41 bits per heavy atom. The molecule has 5 rings (SSSR count). The van der Waals surface area contributed by atoms with Gasteiger partial charge in [-0.15, -0.1) is 0 Å². The SMILES string of the molecule is COCCNc1ncnc(Oc2ccc(-c3cc(N)c4c(c3O)C(=O)c3c(N)ccc(O)c3C4=O)cc2C)n1. The first-order valence-corrected chi connectivity index (χ1v) is 11.8. The van der Waals surface area contributed by atoms with Gasteiger partial charge in [-0.3, -0.25) is 9.59 Å². The number of carbonyl (C=O) groups excluding carboxylic acids is 2. The molecular weight excluding hydrogens is 504 g/mol. The number of aromatic nitrogens is 3. The Hall–Kier alpha value is -5.23. The van der Waals surface area contributed by atoms with Gasteiger partial charge in [0.15, 0.2) is 0 Å². The van der Waals surface area contributed by atoms with Gasteiger partial charge in [-0.2, -0.15) is 9.97 Å². The summed E-state index contributed by atoms with van der Waals surface area (Å²) in [4.78, 5) is 38.9. The number of phenols is 2. The van der Waals surface area contributed by atoms with Gasteiger partial charge in [-0.25, -0.2) is 4.98 Å². The van der Waals surface area contributed by atoms with E-state index in [1.165, 1.54) is 24.5 Å². The Bertz CT molecular complexity index is 1650. The number of methoxy groups -OCH3 is 1. The molecule has 198 valence electrons. The monoisotopic (exact) mass is 528 g/mol. The van der Waals surface area contributed by atoms with Crippen LogP contribution in [0.4, 0.5) is 17.3 Å². The standard InChI is InChI=1S/C27H24N6O6/c1-12-9-13(3-6-18(12)39-27-32-11-31-26(33-27)30-7-8-38-2)14-10-16(29)20-22(23(14)35)25(37)19-15(28)4-5-17(34)21(19)24(20)36/h3-6,9-11,34-35H,7-8,28-29H2,1-2H3,(H,30,31,32,33). The molecular formula is C27H24N6O6. The maximum Gasteiger partial charge on any atom is 0.326 e. The number of benzene rings is 3. The normalized spacial score (nSPS) is 12.2. The van der Waals surface area contributed by atoms with Gasteiger partial charge in [0, 0.05) is 30.6 Å². The zero-order valence-corrected chi connectivity index (χ0v) is 21.0. The van der Waals surface area contributed by atoms with Crippen LogP contribution in [0, 0.1) is 6.92 Å². The molecule has 0 atom stereocenters. The summed E-state index contributed by atoms with van der Waals surface area (Å²) < 4.78 is 10.8. The van der Waals surface area contributed by atoms with Gasteiger partial charge in [-0.05, 0) is 48.4 Å². The number of rotatable bonds is 7. The predicted octanol–water partition coefficient (Wildman–Crippen LogP) is 3.05. The van der Waals surface area contributed by atoms with E-state index in [1.54, 1.807) is 32.2 Å². The lowest BCUT2D eigenvalue weighted by Crippen LogP contribution is -2.24. The number of nitrogens with one attached hydrogen (secondary N) is 1. The van der Waals surface area contributed by atoms with Gasteiger partial charge in [0.2, 0.25) is 17.5 Å². The van der Waals surface area contributed by atoms with Gasteiger partial charge in [0.1, 0.15) is 23.6 Å². The van der Waals surface area contributed by atoms with Crippen LogP contribution in [0.15, 0.2) is 42.7 Å². The first-order chi connectivity index (χ1) is 18.7. The fraction of sp³-hybridized carbons (Fsp3) is 0.148. The summed E-state index contributed by atoms with van der Waals surface area (Å²) in [5, 5.41) is 24.4. The summed E-state index contributed by atoms with van der Waals surface area (Å²) in [6.45, 7) is 2.77. The van der Waals surface area contributed by atoms with Crippen molar-refractivity contribution < 1.29 is 29.3 Å². The highest BCUT2D eigenvalue weighted by Gasteiger charge is 2.38. The average Bonchev–Trinajstić information content (AvgIpc) is 2.91. The van der Waals surface area contributed by atoms with Crippen molar-refractivity contribution >= 4 is 28.9 Å². The molecule has 1 aliphatic carbocycles. The third-order valence-electron chi connectivity index (χ3n) is 6.28. The fourth-order valence-corrected chi connectivity index (χ4v) is 4.42. The minimum Gasteiger partial charge on any atom is -0.507 e. The van der Waals surface area contributed by atoms with Crippen LogP contribution in [0.3, 0.4) is 0 Å². The van der Waals surface area contributed by atoms with E-state index in [-0.39, 0.29) is 45.2 Å². The summed E-state index contributed by atoms with van der Waals surface area (Å²) in [5.74, 6) is -1.45. The quantitative estimate of drug-likeness (QED) is 0.118. The predicted molar refractivity (Wildman–Crippen MR) is 142 cm³/mol. The van der Waals surface area contributed by atoms with E-state index in [0.717, 1.165) is 0 Å². The van der Waals surface area contributed by atoms with E-state index in [0.29, 0.717) is 36.0 Å². The fourth-order valence-electron chi connectivity index (χ4n) is 4.42. The van der Waals surface area contributed by atoms with Gasteiger partial charge >= 0.3 is 6.01 Å². The van der Waals surface area contributed by atoms with E-state index in [4.69, 9.17) is 20.9 Å². The molecule has 0 unspecified atom stereocenters. The second kappa shape index (κ2) is 9.91. The number of hydrogen-bond donors (Lipinski definition) is 5. The lowest BCUT2D eigenvalue weighted by Gasteiger charge is -2.23. The minimum atomic E-state index is -0.708. The van der Waals surface area contributed by atoms with E-state index < -0.39 is 23.1 Å². The molecule has 0 aliphatic heterocycles. The number of phenolic OH excluding ortho intramolecular Hbond substituents is 2. The number of aromatic hydroxyl groups is 2. The van der Waals surface area contributed by atoms with Crippen molar-refractivity contribution in [1.82, 2.24) is 15.0 Å². The van der Waals surface area contributed by atoms with Gasteiger partial charge in [0.05, 0.1) is 28.9 Å². The zero-order chi connectivity index (χ0) is 27.8. The number of ketones is 2. The molecule has 3 aromatic carbocycles. The molecule has 1 aromatic heterocycles. The van der Waals surface area contributed by atoms with Crippen LogP contribution in [0.1, 0.15) is 37.4 Å². The van der Waals surface area contributed by atoms with Crippen molar-refractivity contribution in [2.45, 2.75) is 6.92 Å². The molecule has 1 heterocycles. The average molecular weight is 529 g/mol. The summed E-state index contributed by atoms with van der Waals surface area (Å²) in [6.07, 6.45) is 1.32. The maximum absolute atomic E-state index is 13.4. The Labute approximate surface area is 222 Å². The van der Waals surface area contributed by atoms with Crippen LogP contribution in [0.25, 0.3) is 11.1 Å². The lowest BCUT2D eigenvalue weighted by atomic mass is 9.80. The summed E-state index contributed by atoms with van der Waals surface area (Å²) >= 11 is 0. The molecule has 4 aromatic rings. The highest BCUT2D eigenvalue weighted by atomic mass is 16.5. The van der Waals surface area contributed by atoms with Crippen molar-refractivity contribution in [3.63, 3.8) is 0 Å². The molecule has 0 saturated heterocycles. The Kier molecular flexibility index (Phi) is 6.46. The van der Waals surface area contributed by atoms with Crippen LogP contribution >= 0.6 is 0 Å². The molecule has 0 bridgehead atoms.